The molecule has 0 aliphatic rings. The Morgan fingerprint density at radius 1 is 1.19 bits per heavy atom. The van der Waals surface area contributed by atoms with Gasteiger partial charge >= 0.3 is 11.7 Å². The Morgan fingerprint density at radius 2 is 1.90 bits per heavy atom. The number of nitro benzene ring substituents is 1. The zero-order valence-electron chi connectivity index (χ0n) is 11.5. The molecule has 0 bridgehead atoms. The average molecular weight is 287 g/mol. The summed E-state index contributed by atoms with van der Waals surface area (Å²) in [5, 5.41) is 20.1. The molecule has 108 valence electrons. The number of ether oxygens (including phenoxy) is 1. The molecule has 2 aromatic rings. The van der Waals surface area contributed by atoms with E-state index in [-0.39, 0.29) is 22.7 Å². The largest absolute Gasteiger partial charge is 0.478 e. The smallest absolute Gasteiger partial charge is 0.336 e. The van der Waals surface area contributed by atoms with Crippen LogP contribution in [-0.2, 0) is 0 Å². The molecule has 0 aliphatic heterocycles. The molecule has 6 heteroatoms. The van der Waals surface area contributed by atoms with E-state index in [4.69, 9.17) is 9.84 Å². The molecule has 0 saturated carbocycles. The molecule has 0 aliphatic carbocycles. The first-order valence-electron chi connectivity index (χ1n) is 6.16. The highest BCUT2D eigenvalue weighted by molar-refractivity contribution is 5.90. The quantitative estimate of drug-likeness (QED) is 0.684. The van der Waals surface area contributed by atoms with Crippen molar-refractivity contribution in [3.05, 3.63) is 63.2 Å². The molecule has 0 amide bonds. The zero-order chi connectivity index (χ0) is 15.6. The molecule has 0 radical (unpaired) electrons. The fourth-order valence-corrected chi connectivity index (χ4v) is 1.93. The fourth-order valence-electron chi connectivity index (χ4n) is 1.93. The molecule has 0 atom stereocenters. The van der Waals surface area contributed by atoms with Crippen molar-refractivity contribution in [3.63, 3.8) is 0 Å². The first-order valence-corrected chi connectivity index (χ1v) is 6.16. The topological polar surface area (TPSA) is 89.7 Å². The van der Waals surface area contributed by atoms with Crippen LogP contribution in [-0.4, -0.2) is 16.0 Å². The predicted molar refractivity (Wildman–Crippen MR) is 76.0 cm³/mol. The minimum absolute atomic E-state index is 0.0799. The Morgan fingerprint density at radius 3 is 2.52 bits per heavy atom. The SMILES string of the molecule is Cc1ccc(Oc2cccc(C(=O)O)c2C)c([N+](=O)[O-])c1. The van der Waals surface area contributed by atoms with Crippen LogP contribution in [0.2, 0.25) is 0 Å². The molecule has 0 fully saturated rings. The summed E-state index contributed by atoms with van der Waals surface area (Å²) in [6.45, 7) is 3.34. The summed E-state index contributed by atoms with van der Waals surface area (Å²) in [6.07, 6.45) is 0. The second kappa shape index (κ2) is 5.62. The van der Waals surface area contributed by atoms with E-state index in [0.717, 1.165) is 5.56 Å². The number of aryl methyl sites for hydroxylation is 1. The molecular formula is C15H13NO5. The van der Waals surface area contributed by atoms with Crippen molar-refractivity contribution in [2.75, 3.05) is 0 Å². The van der Waals surface area contributed by atoms with E-state index < -0.39 is 10.9 Å². The third-order valence-electron chi connectivity index (χ3n) is 3.05. The minimum Gasteiger partial charge on any atom is -0.478 e. The van der Waals surface area contributed by atoms with Crippen LogP contribution in [0.4, 0.5) is 5.69 Å². The Labute approximate surface area is 120 Å². The van der Waals surface area contributed by atoms with Crippen molar-refractivity contribution < 1.29 is 19.6 Å². The molecule has 6 nitrogen and oxygen atoms in total. The molecule has 0 aromatic heterocycles. The van der Waals surface area contributed by atoms with Gasteiger partial charge in [0.2, 0.25) is 5.75 Å². The maximum absolute atomic E-state index is 11.1. The van der Waals surface area contributed by atoms with Gasteiger partial charge in [-0.15, -0.1) is 0 Å². The number of nitro groups is 1. The van der Waals surface area contributed by atoms with Gasteiger partial charge < -0.3 is 9.84 Å². The molecule has 21 heavy (non-hydrogen) atoms. The number of nitrogens with zero attached hydrogens (tertiary/aromatic N) is 1. The van der Waals surface area contributed by atoms with Crippen molar-refractivity contribution in [2.45, 2.75) is 13.8 Å². The third-order valence-corrected chi connectivity index (χ3v) is 3.05. The van der Waals surface area contributed by atoms with E-state index in [9.17, 15) is 14.9 Å². The van der Waals surface area contributed by atoms with Gasteiger partial charge in [0, 0.05) is 11.6 Å². The van der Waals surface area contributed by atoms with Crippen LogP contribution in [0.1, 0.15) is 21.5 Å². The lowest BCUT2D eigenvalue weighted by Gasteiger charge is -2.11. The minimum atomic E-state index is -1.07. The molecule has 0 saturated heterocycles. The number of hydrogen-bond acceptors (Lipinski definition) is 4. The summed E-state index contributed by atoms with van der Waals surface area (Å²) >= 11 is 0. The number of rotatable bonds is 4. The monoisotopic (exact) mass is 287 g/mol. The molecular weight excluding hydrogens is 274 g/mol. The van der Waals surface area contributed by atoms with E-state index in [1.807, 2.05) is 0 Å². The highest BCUT2D eigenvalue weighted by Crippen LogP contribution is 2.34. The molecule has 0 unspecified atom stereocenters. The van der Waals surface area contributed by atoms with Crippen LogP contribution < -0.4 is 4.74 Å². The van der Waals surface area contributed by atoms with Crippen molar-refractivity contribution in [3.8, 4) is 11.5 Å². The number of carboxylic acids is 1. The lowest BCUT2D eigenvalue weighted by atomic mass is 10.1. The van der Waals surface area contributed by atoms with Crippen LogP contribution >= 0.6 is 0 Å². The van der Waals surface area contributed by atoms with Gasteiger partial charge in [0.05, 0.1) is 10.5 Å². The number of hydrogen-bond donors (Lipinski definition) is 1. The number of carboxylic acid groups (broad SMARTS) is 1. The van der Waals surface area contributed by atoms with Gasteiger partial charge in [-0.25, -0.2) is 4.79 Å². The van der Waals surface area contributed by atoms with Gasteiger partial charge in [-0.05, 0) is 37.6 Å². The number of carbonyl (C=O) groups is 1. The average Bonchev–Trinajstić information content (AvgIpc) is 2.42. The van der Waals surface area contributed by atoms with E-state index in [1.165, 1.54) is 24.3 Å². The summed E-state index contributed by atoms with van der Waals surface area (Å²) in [5.74, 6) is -0.713. The van der Waals surface area contributed by atoms with Crippen molar-refractivity contribution in [1.82, 2.24) is 0 Å². The van der Waals surface area contributed by atoms with Gasteiger partial charge in [0.15, 0.2) is 0 Å². The van der Waals surface area contributed by atoms with Crippen LogP contribution in [0.15, 0.2) is 36.4 Å². The maximum atomic E-state index is 11.1. The highest BCUT2D eigenvalue weighted by Gasteiger charge is 2.18. The Kier molecular flexibility index (Phi) is 3.89. The van der Waals surface area contributed by atoms with E-state index in [0.29, 0.717) is 5.56 Å². The normalized spacial score (nSPS) is 10.2. The Bertz CT molecular complexity index is 724. The molecule has 0 spiro atoms. The lowest BCUT2D eigenvalue weighted by molar-refractivity contribution is -0.385. The molecule has 0 heterocycles. The summed E-state index contributed by atoms with van der Waals surface area (Å²) in [6, 6.07) is 9.16. The van der Waals surface area contributed by atoms with Crippen LogP contribution in [0.5, 0.6) is 11.5 Å². The standard InChI is InChI=1S/C15H13NO5/c1-9-6-7-14(12(8-9)16(19)20)21-13-5-3-4-11(10(13)2)15(17)18/h3-8H,1-2H3,(H,17,18). The number of benzene rings is 2. The first kappa shape index (κ1) is 14.5. The van der Waals surface area contributed by atoms with Gasteiger partial charge in [0.25, 0.3) is 0 Å². The molecule has 2 aromatic carbocycles. The number of aromatic carboxylic acids is 1. The van der Waals surface area contributed by atoms with E-state index >= 15 is 0 Å². The second-order valence-corrected chi connectivity index (χ2v) is 4.56. The van der Waals surface area contributed by atoms with Gasteiger partial charge in [0.1, 0.15) is 5.75 Å². The summed E-state index contributed by atoms with van der Waals surface area (Å²) in [4.78, 5) is 21.6. The molecule has 1 N–H and O–H groups in total. The van der Waals surface area contributed by atoms with Gasteiger partial charge in [-0.1, -0.05) is 12.1 Å². The van der Waals surface area contributed by atoms with Gasteiger partial charge in [-0.2, -0.15) is 0 Å². The van der Waals surface area contributed by atoms with Crippen molar-refractivity contribution in [1.29, 1.82) is 0 Å². The Hall–Kier alpha value is -2.89. The summed E-state index contributed by atoms with van der Waals surface area (Å²) < 4.78 is 5.54. The molecule has 2 rings (SSSR count). The summed E-state index contributed by atoms with van der Waals surface area (Å²) in [5.41, 5.74) is 1.10. The first-order chi connectivity index (χ1) is 9.90. The Balaban J connectivity index is 2.46. The van der Waals surface area contributed by atoms with E-state index in [1.54, 1.807) is 26.0 Å². The zero-order valence-corrected chi connectivity index (χ0v) is 11.5. The van der Waals surface area contributed by atoms with Crippen LogP contribution in [0.25, 0.3) is 0 Å². The fraction of sp³-hybridized carbons (Fsp3) is 0.133. The van der Waals surface area contributed by atoms with E-state index in [2.05, 4.69) is 0 Å². The summed E-state index contributed by atoms with van der Waals surface area (Å²) in [7, 11) is 0. The lowest BCUT2D eigenvalue weighted by Crippen LogP contribution is -2.01. The van der Waals surface area contributed by atoms with Crippen LogP contribution in [0, 0.1) is 24.0 Å². The predicted octanol–water partition coefficient (Wildman–Crippen LogP) is 3.70. The van der Waals surface area contributed by atoms with Crippen molar-refractivity contribution >= 4 is 11.7 Å². The third kappa shape index (κ3) is 3.00. The van der Waals surface area contributed by atoms with Gasteiger partial charge in [-0.3, -0.25) is 10.1 Å². The second-order valence-electron chi connectivity index (χ2n) is 4.56. The van der Waals surface area contributed by atoms with Crippen LogP contribution in [0.3, 0.4) is 0 Å². The highest BCUT2D eigenvalue weighted by atomic mass is 16.6. The maximum Gasteiger partial charge on any atom is 0.336 e. The van der Waals surface area contributed by atoms with Crippen molar-refractivity contribution in [2.24, 2.45) is 0 Å².